The number of alkyl halides is 14. The van der Waals surface area contributed by atoms with Crippen LogP contribution >= 0.6 is 0 Å². The van der Waals surface area contributed by atoms with Gasteiger partial charge in [-0.15, -0.1) is 0 Å². The van der Waals surface area contributed by atoms with Crippen molar-refractivity contribution in [1.29, 1.82) is 0 Å². The predicted octanol–water partition coefficient (Wildman–Crippen LogP) is 8.51. The third-order valence-corrected chi connectivity index (χ3v) is 5.05. The van der Waals surface area contributed by atoms with Gasteiger partial charge in [-0.2, -0.15) is 61.5 Å². The fraction of sp³-hybridized carbons (Fsp3) is 0.417. The number of rotatable bonds is 2. The zero-order chi connectivity index (χ0) is 29.8. The van der Waals surface area contributed by atoms with Crippen LogP contribution in [-0.4, -0.2) is 36.0 Å². The number of benzene rings is 2. The Hall–Kier alpha value is -3.16. The van der Waals surface area contributed by atoms with E-state index in [2.05, 4.69) is 0 Å². The molecule has 0 aliphatic carbocycles. The van der Waals surface area contributed by atoms with E-state index < -0.39 is 52.6 Å². The molecule has 0 unspecified atom stereocenters. The molecule has 208 valence electrons. The van der Waals surface area contributed by atoms with Gasteiger partial charge in [-0.25, -0.2) is 0 Å². The van der Waals surface area contributed by atoms with E-state index in [0.717, 1.165) is 18.2 Å². The van der Waals surface area contributed by atoms with E-state index in [1.54, 1.807) is 5.92 Å². The Balaban J connectivity index is 2.88. The summed E-state index contributed by atoms with van der Waals surface area (Å²) in [6.45, 7) is 4.07. The molecule has 14 heteroatoms. The fourth-order valence-electron chi connectivity index (χ4n) is 3.00. The molecule has 0 N–H and O–H groups in total. The van der Waals surface area contributed by atoms with E-state index in [1.165, 1.54) is 38.8 Å². The molecular formula is C24H14F14. The lowest BCUT2D eigenvalue weighted by atomic mass is 9.80. The highest BCUT2D eigenvalue weighted by Gasteiger charge is 2.73. The molecule has 2 aromatic carbocycles. The molecule has 0 saturated carbocycles. The van der Waals surface area contributed by atoms with Gasteiger partial charge in [0.15, 0.2) is 0 Å². The Morgan fingerprint density at radius 3 is 1.34 bits per heavy atom. The molecule has 38 heavy (non-hydrogen) atoms. The summed E-state index contributed by atoms with van der Waals surface area (Å²) in [6.07, 6.45) is -13.3. The molecule has 0 bridgehead atoms. The van der Waals surface area contributed by atoms with Crippen LogP contribution in [0.5, 0.6) is 0 Å². The van der Waals surface area contributed by atoms with Gasteiger partial charge in [0.05, 0.1) is 0 Å². The van der Waals surface area contributed by atoms with Gasteiger partial charge in [0.2, 0.25) is 0 Å². The third-order valence-electron chi connectivity index (χ3n) is 5.05. The van der Waals surface area contributed by atoms with Crippen LogP contribution in [0, 0.1) is 23.7 Å². The fourth-order valence-corrected chi connectivity index (χ4v) is 3.00. The molecule has 0 aromatic heterocycles. The Morgan fingerprint density at radius 2 is 0.947 bits per heavy atom. The average molecular weight is 568 g/mol. The first-order chi connectivity index (χ1) is 16.8. The van der Waals surface area contributed by atoms with Crippen LogP contribution in [0.3, 0.4) is 0 Å². The summed E-state index contributed by atoms with van der Waals surface area (Å²) >= 11 is 0. The third kappa shape index (κ3) is 5.49. The highest BCUT2D eigenvalue weighted by molar-refractivity contribution is 5.94. The van der Waals surface area contributed by atoms with Gasteiger partial charge >= 0.3 is 36.0 Å². The van der Waals surface area contributed by atoms with Crippen LogP contribution in [0.4, 0.5) is 61.5 Å². The van der Waals surface area contributed by atoms with E-state index in [-0.39, 0.29) is 16.3 Å². The number of fused-ring (bicyclic) bond motifs is 1. The summed E-state index contributed by atoms with van der Waals surface area (Å²) < 4.78 is 183. The average Bonchev–Trinajstić information content (AvgIpc) is 2.73. The van der Waals surface area contributed by atoms with Crippen molar-refractivity contribution in [2.45, 2.75) is 62.2 Å². The first kappa shape index (κ1) is 31.1. The molecule has 0 atom stereocenters. The highest BCUT2D eigenvalue weighted by atomic mass is 19.4. The predicted molar refractivity (Wildman–Crippen MR) is 108 cm³/mol. The molecule has 2 rings (SSSR count). The van der Waals surface area contributed by atoms with E-state index >= 15 is 0 Å². The van der Waals surface area contributed by atoms with Crippen molar-refractivity contribution in [3.05, 3.63) is 47.0 Å². The van der Waals surface area contributed by atoms with Gasteiger partial charge in [0.25, 0.3) is 0 Å². The van der Waals surface area contributed by atoms with Crippen molar-refractivity contribution in [3.63, 3.8) is 0 Å². The number of hydrogen-bond acceptors (Lipinski definition) is 0. The van der Waals surface area contributed by atoms with Crippen LogP contribution in [0.1, 0.15) is 37.5 Å². The van der Waals surface area contributed by atoms with Crippen LogP contribution < -0.4 is 0 Å². The summed E-state index contributed by atoms with van der Waals surface area (Å²) in [4.78, 5) is 0. The minimum absolute atomic E-state index is 0.245. The smallest absolute Gasteiger partial charge is 0.188 e. The molecule has 0 aliphatic rings. The molecule has 0 heterocycles. The van der Waals surface area contributed by atoms with Gasteiger partial charge in [0.1, 0.15) is 0 Å². The summed E-state index contributed by atoms with van der Waals surface area (Å²) in [6, 6.07) is 5.30. The minimum Gasteiger partial charge on any atom is -0.188 e. The molecular weight excluding hydrogens is 554 g/mol. The second-order valence-corrected chi connectivity index (χ2v) is 8.94. The van der Waals surface area contributed by atoms with Crippen molar-refractivity contribution in [2.24, 2.45) is 0 Å². The maximum absolute atomic E-state index is 13.8. The van der Waals surface area contributed by atoms with Gasteiger partial charge in [-0.3, -0.25) is 0 Å². The maximum Gasteiger partial charge on any atom is 0.461 e. The SMILES string of the molecule is CC(C)(C)c1cc(C#CC(F)(F)C(F)(F)C(F)(F)F)c2ccccc2c1C#CC(F)(F)C(F)(F)C(F)(F)F. The summed E-state index contributed by atoms with van der Waals surface area (Å²) in [7, 11) is 0. The van der Waals surface area contributed by atoms with Crippen molar-refractivity contribution >= 4 is 10.8 Å². The molecule has 0 fully saturated rings. The Labute approximate surface area is 206 Å². The first-order valence-electron chi connectivity index (χ1n) is 10.1. The summed E-state index contributed by atoms with van der Waals surface area (Å²) in [5.74, 6) is -20.6. The van der Waals surface area contributed by atoms with Gasteiger partial charge in [-0.05, 0) is 39.7 Å². The van der Waals surface area contributed by atoms with E-state index in [9.17, 15) is 61.5 Å². The quantitative estimate of drug-likeness (QED) is 0.252. The zero-order valence-electron chi connectivity index (χ0n) is 19.2. The van der Waals surface area contributed by atoms with Crippen molar-refractivity contribution in [2.75, 3.05) is 0 Å². The van der Waals surface area contributed by atoms with Gasteiger partial charge in [0, 0.05) is 11.1 Å². The molecule has 0 spiro atoms. The van der Waals surface area contributed by atoms with Crippen molar-refractivity contribution < 1.29 is 61.5 Å². The van der Waals surface area contributed by atoms with Crippen molar-refractivity contribution in [1.82, 2.24) is 0 Å². The number of hydrogen-bond donors (Lipinski definition) is 0. The zero-order valence-corrected chi connectivity index (χ0v) is 19.2. The van der Waals surface area contributed by atoms with E-state index in [4.69, 9.17) is 0 Å². The number of halogens is 14. The lowest BCUT2D eigenvalue weighted by Crippen LogP contribution is -2.51. The monoisotopic (exact) mass is 568 g/mol. The molecule has 0 saturated heterocycles. The van der Waals surface area contributed by atoms with Crippen LogP contribution in [0.15, 0.2) is 30.3 Å². The molecule has 0 aliphatic heterocycles. The molecule has 2 aromatic rings. The van der Waals surface area contributed by atoms with E-state index in [1.807, 2.05) is 0 Å². The topological polar surface area (TPSA) is 0 Å². The van der Waals surface area contributed by atoms with Gasteiger partial charge < -0.3 is 0 Å². The Morgan fingerprint density at radius 1 is 0.553 bits per heavy atom. The Bertz CT molecular complexity index is 1330. The highest BCUT2D eigenvalue weighted by Crippen LogP contribution is 2.47. The molecule has 0 amide bonds. The van der Waals surface area contributed by atoms with Crippen LogP contribution in [-0.2, 0) is 5.41 Å². The second kappa shape index (κ2) is 9.24. The normalized spacial score (nSPS) is 14.0. The molecule has 0 radical (unpaired) electrons. The van der Waals surface area contributed by atoms with E-state index in [0.29, 0.717) is 11.8 Å². The van der Waals surface area contributed by atoms with Crippen LogP contribution in [0.2, 0.25) is 0 Å². The molecule has 0 nitrogen and oxygen atoms in total. The first-order valence-corrected chi connectivity index (χ1v) is 10.1. The lowest BCUT2D eigenvalue weighted by molar-refractivity contribution is -0.339. The summed E-state index contributed by atoms with van der Waals surface area (Å²) in [5, 5.41) is -0.636. The second-order valence-electron chi connectivity index (χ2n) is 8.94. The van der Waals surface area contributed by atoms with Gasteiger partial charge in [-0.1, -0.05) is 56.9 Å². The largest absolute Gasteiger partial charge is 0.461 e. The standard InChI is InChI=1S/C24H14F14/c1-18(2,3)17-12-13(8-10-19(25,26)21(29,30)23(33,34)35)14-6-4-5-7-15(14)16(17)9-11-20(27,28)22(31,32)24(36,37)38/h4-7,12H,1-3H3. The lowest BCUT2D eigenvalue weighted by Gasteiger charge is -2.25. The Kier molecular flexibility index (Phi) is 7.55. The minimum atomic E-state index is -6.66. The van der Waals surface area contributed by atoms with Crippen molar-refractivity contribution in [3.8, 4) is 23.7 Å². The van der Waals surface area contributed by atoms with Crippen LogP contribution in [0.25, 0.3) is 10.8 Å². The maximum atomic E-state index is 13.8. The summed E-state index contributed by atoms with van der Waals surface area (Å²) in [5.41, 5.74) is -2.63.